The summed E-state index contributed by atoms with van der Waals surface area (Å²) in [4.78, 5) is 42.9. The molecular formula is C28H45N5O3. The largest absolute Gasteiger partial charge is 0.387 e. The number of carbonyl (C=O) groups is 3. The molecule has 0 aliphatic carbocycles. The first kappa shape index (κ1) is 29.3. The number of nitrogens with zero attached hydrogens (tertiary/aromatic N) is 3. The Balaban J connectivity index is 0.000000254. The number of primary amides is 1. The fourth-order valence-corrected chi connectivity index (χ4v) is 4.93. The number of carbonyl (C=O) groups excluding carboxylic acids is 3. The zero-order valence-corrected chi connectivity index (χ0v) is 23.2. The van der Waals surface area contributed by atoms with Crippen molar-refractivity contribution in [3.63, 3.8) is 0 Å². The molecule has 8 nitrogen and oxygen atoms in total. The van der Waals surface area contributed by atoms with Crippen LogP contribution in [0.25, 0.3) is 5.70 Å². The van der Waals surface area contributed by atoms with Gasteiger partial charge in [0.2, 0.25) is 18.2 Å². The van der Waals surface area contributed by atoms with Crippen molar-refractivity contribution in [3.8, 4) is 0 Å². The van der Waals surface area contributed by atoms with Crippen LogP contribution in [0.2, 0.25) is 0 Å². The Hall–Kier alpha value is -2.90. The number of rotatable bonds is 7. The Morgan fingerprint density at radius 1 is 1.28 bits per heavy atom. The lowest BCUT2D eigenvalue weighted by Gasteiger charge is -2.32. The van der Waals surface area contributed by atoms with Gasteiger partial charge in [0.25, 0.3) is 0 Å². The number of aromatic nitrogens is 1. The van der Waals surface area contributed by atoms with E-state index in [1.165, 1.54) is 0 Å². The molecule has 0 aromatic carbocycles. The van der Waals surface area contributed by atoms with Gasteiger partial charge in [-0.2, -0.15) is 0 Å². The van der Waals surface area contributed by atoms with Crippen LogP contribution in [-0.2, 0) is 20.8 Å². The minimum Gasteiger partial charge on any atom is -0.387 e. The van der Waals surface area contributed by atoms with E-state index in [0.29, 0.717) is 18.0 Å². The first-order valence-corrected chi connectivity index (χ1v) is 13.1. The molecule has 200 valence electrons. The number of hydrogen-bond acceptors (Lipinski definition) is 5. The summed E-state index contributed by atoms with van der Waals surface area (Å²) in [5.41, 5.74) is 9.80. The zero-order chi connectivity index (χ0) is 27.0. The molecule has 2 aliphatic rings. The van der Waals surface area contributed by atoms with Crippen molar-refractivity contribution in [3.05, 3.63) is 34.7 Å². The standard InChI is InChI=1S/C14H21N3O.C14H24N2O2/c1-5-6-12-11(8-7-9(2)17-12)13(16-4)10(3)14(15)18;1-11-7-16(9-14(11,2)3)13(18)12-5-4-6-15(8-12)10-17/h7-8,16H,5-6H2,1-4H3,(H2,15,18);10-12H,4-9H2,1-3H3/b13-10-;. The molecule has 0 radical (unpaired) electrons. The van der Waals surface area contributed by atoms with Crippen molar-refractivity contribution in [2.75, 3.05) is 33.2 Å². The van der Waals surface area contributed by atoms with E-state index in [4.69, 9.17) is 5.73 Å². The van der Waals surface area contributed by atoms with Crippen molar-refractivity contribution in [1.29, 1.82) is 0 Å². The molecule has 8 heteroatoms. The van der Waals surface area contributed by atoms with E-state index in [1.807, 2.05) is 24.0 Å². The van der Waals surface area contributed by atoms with E-state index in [0.717, 1.165) is 74.4 Å². The fraction of sp³-hybridized carbons (Fsp3) is 0.643. The first-order chi connectivity index (χ1) is 16.9. The summed E-state index contributed by atoms with van der Waals surface area (Å²) >= 11 is 0. The highest BCUT2D eigenvalue weighted by atomic mass is 16.2. The third-order valence-corrected chi connectivity index (χ3v) is 7.55. The molecule has 2 aliphatic heterocycles. The van der Waals surface area contributed by atoms with Crippen LogP contribution >= 0.6 is 0 Å². The van der Waals surface area contributed by atoms with E-state index < -0.39 is 5.91 Å². The fourth-order valence-electron chi connectivity index (χ4n) is 4.93. The SMILES string of the molecule is CC1CN(C(=O)C2CCCN(C=O)C2)CC1(C)C.CCCc1nc(C)ccc1/C(NC)=C(\C)C(N)=O. The highest BCUT2D eigenvalue weighted by Gasteiger charge is 2.40. The molecule has 3 heterocycles. The molecule has 2 fully saturated rings. The van der Waals surface area contributed by atoms with Gasteiger partial charge in [0.15, 0.2) is 0 Å². The molecular weight excluding hydrogens is 454 g/mol. The van der Waals surface area contributed by atoms with E-state index in [1.54, 1.807) is 18.9 Å². The molecule has 2 saturated heterocycles. The number of piperidine rings is 1. The van der Waals surface area contributed by atoms with E-state index in [9.17, 15) is 14.4 Å². The molecule has 1 aromatic rings. The molecule has 2 atom stereocenters. The number of aryl methyl sites for hydroxylation is 2. The molecule has 2 unspecified atom stereocenters. The molecule has 36 heavy (non-hydrogen) atoms. The molecule has 0 spiro atoms. The highest BCUT2D eigenvalue weighted by Crippen LogP contribution is 2.36. The number of likely N-dealkylation sites (tertiary alicyclic amines) is 2. The topological polar surface area (TPSA) is 109 Å². The second kappa shape index (κ2) is 12.9. The van der Waals surface area contributed by atoms with Crippen molar-refractivity contribution >= 4 is 23.9 Å². The van der Waals surface area contributed by atoms with Gasteiger partial charge in [-0.05, 0) is 56.6 Å². The maximum atomic E-state index is 12.5. The molecule has 3 rings (SSSR count). The smallest absolute Gasteiger partial charge is 0.246 e. The first-order valence-electron chi connectivity index (χ1n) is 13.1. The number of nitrogens with one attached hydrogen (secondary N) is 1. The summed E-state index contributed by atoms with van der Waals surface area (Å²) < 4.78 is 0. The molecule has 1 aromatic heterocycles. The van der Waals surface area contributed by atoms with Crippen molar-refractivity contribution < 1.29 is 14.4 Å². The monoisotopic (exact) mass is 499 g/mol. The minimum atomic E-state index is -0.414. The zero-order valence-electron chi connectivity index (χ0n) is 23.2. The van der Waals surface area contributed by atoms with Crippen molar-refractivity contribution in [2.24, 2.45) is 23.0 Å². The Kier molecular flexibility index (Phi) is 10.5. The average Bonchev–Trinajstić information content (AvgIpc) is 3.12. The number of amides is 3. The Morgan fingerprint density at radius 3 is 2.50 bits per heavy atom. The van der Waals surface area contributed by atoms with Crippen LogP contribution < -0.4 is 11.1 Å². The van der Waals surface area contributed by atoms with Gasteiger partial charge in [-0.3, -0.25) is 19.4 Å². The highest BCUT2D eigenvalue weighted by molar-refractivity contribution is 5.99. The van der Waals surface area contributed by atoms with E-state index >= 15 is 0 Å². The summed E-state index contributed by atoms with van der Waals surface area (Å²) in [6.45, 7) is 15.6. The lowest BCUT2D eigenvalue weighted by molar-refractivity contribution is -0.137. The molecule has 3 N–H and O–H groups in total. The van der Waals surface area contributed by atoms with Gasteiger partial charge in [0, 0.05) is 55.8 Å². The maximum absolute atomic E-state index is 12.5. The summed E-state index contributed by atoms with van der Waals surface area (Å²) in [6, 6.07) is 3.94. The molecule has 0 bridgehead atoms. The van der Waals surface area contributed by atoms with E-state index in [-0.39, 0.29) is 17.2 Å². The van der Waals surface area contributed by atoms with Crippen LogP contribution in [0, 0.1) is 24.2 Å². The number of nitrogens with two attached hydrogens (primary N) is 1. The van der Waals surface area contributed by atoms with Gasteiger partial charge >= 0.3 is 0 Å². The normalized spacial score (nSPS) is 21.8. The third-order valence-electron chi connectivity index (χ3n) is 7.55. The van der Waals surface area contributed by atoms with Crippen LogP contribution in [0.4, 0.5) is 0 Å². The quantitative estimate of drug-likeness (QED) is 0.443. The van der Waals surface area contributed by atoms with Gasteiger partial charge in [-0.15, -0.1) is 0 Å². The second-order valence-electron chi connectivity index (χ2n) is 10.9. The Labute approximate surface area is 216 Å². The van der Waals surface area contributed by atoms with Crippen LogP contribution in [0.1, 0.15) is 70.8 Å². The summed E-state index contributed by atoms with van der Waals surface area (Å²) in [6.07, 6.45) is 4.64. The number of pyridine rings is 1. The van der Waals surface area contributed by atoms with Crippen LogP contribution in [0.5, 0.6) is 0 Å². The predicted molar refractivity (Wildman–Crippen MR) is 144 cm³/mol. The van der Waals surface area contributed by atoms with Crippen molar-refractivity contribution in [1.82, 2.24) is 20.1 Å². The van der Waals surface area contributed by atoms with Crippen LogP contribution in [0.15, 0.2) is 17.7 Å². The Morgan fingerprint density at radius 2 is 1.97 bits per heavy atom. The van der Waals surface area contributed by atoms with Gasteiger partial charge in [0.1, 0.15) is 0 Å². The van der Waals surface area contributed by atoms with Gasteiger partial charge < -0.3 is 20.9 Å². The second-order valence-corrected chi connectivity index (χ2v) is 10.9. The minimum absolute atomic E-state index is 0.0186. The van der Waals surface area contributed by atoms with Crippen LogP contribution in [0.3, 0.4) is 0 Å². The Bertz CT molecular complexity index is 972. The lowest BCUT2D eigenvalue weighted by Crippen LogP contribution is -2.44. The van der Waals surface area contributed by atoms with Gasteiger partial charge in [-0.1, -0.05) is 34.1 Å². The van der Waals surface area contributed by atoms with Gasteiger partial charge in [-0.25, -0.2) is 0 Å². The van der Waals surface area contributed by atoms with E-state index in [2.05, 4.69) is 38.0 Å². The third kappa shape index (κ3) is 7.31. The molecule has 3 amide bonds. The van der Waals surface area contributed by atoms with Gasteiger partial charge in [0.05, 0.1) is 11.6 Å². The summed E-state index contributed by atoms with van der Waals surface area (Å²) in [5, 5.41) is 3.06. The molecule has 0 saturated carbocycles. The average molecular weight is 500 g/mol. The maximum Gasteiger partial charge on any atom is 0.246 e. The summed E-state index contributed by atoms with van der Waals surface area (Å²) in [7, 11) is 1.79. The summed E-state index contributed by atoms with van der Waals surface area (Å²) in [5.74, 6) is 0.401. The lowest BCUT2D eigenvalue weighted by atomic mass is 9.84. The predicted octanol–water partition coefficient (Wildman–Crippen LogP) is 3.14. The van der Waals surface area contributed by atoms with Crippen LogP contribution in [-0.4, -0.2) is 66.2 Å². The number of hydrogen-bond donors (Lipinski definition) is 2. The van der Waals surface area contributed by atoms with Crippen molar-refractivity contribution in [2.45, 2.75) is 67.2 Å².